The normalized spacial score (nSPS) is 11.0. The van der Waals surface area contributed by atoms with Crippen molar-refractivity contribution in [2.75, 3.05) is 0 Å². The number of carbonyl (C=O) groups is 1. The summed E-state index contributed by atoms with van der Waals surface area (Å²) >= 11 is 0. The number of benzene rings is 1. The van der Waals surface area contributed by atoms with Crippen LogP contribution in [0.15, 0.2) is 70.0 Å². The van der Waals surface area contributed by atoms with E-state index in [2.05, 4.69) is 10.1 Å². The van der Waals surface area contributed by atoms with E-state index in [1.54, 1.807) is 34.0 Å². The number of nitrogens with zero attached hydrogens (tertiary/aromatic N) is 4. The van der Waals surface area contributed by atoms with Gasteiger partial charge in [-0.15, -0.1) is 0 Å². The molecule has 7 nitrogen and oxygen atoms in total. The highest BCUT2D eigenvalue weighted by Crippen LogP contribution is 2.17. The molecule has 0 aliphatic heterocycles. The first kappa shape index (κ1) is 18.6. The summed E-state index contributed by atoms with van der Waals surface area (Å²) < 4.78 is 7.09. The smallest absolute Gasteiger partial charge is 0.349 e. The van der Waals surface area contributed by atoms with Crippen molar-refractivity contribution in [3.8, 4) is 0 Å². The molecule has 0 spiro atoms. The molecule has 3 heterocycles. The van der Waals surface area contributed by atoms with Crippen molar-refractivity contribution in [1.29, 1.82) is 0 Å². The monoisotopic (exact) mass is 388 g/mol. The molecule has 0 unspecified atom stereocenters. The summed E-state index contributed by atoms with van der Waals surface area (Å²) in [4.78, 5) is 31.8. The van der Waals surface area contributed by atoms with Crippen molar-refractivity contribution in [1.82, 2.24) is 19.7 Å². The van der Waals surface area contributed by atoms with Gasteiger partial charge in [0.05, 0.1) is 30.2 Å². The highest BCUT2D eigenvalue weighted by molar-refractivity contribution is 5.96. The van der Waals surface area contributed by atoms with Crippen molar-refractivity contribution < 1.29 is 9.21 Å². The van der Waals surface area contributed by atoms with Gasteiger partial charge in [-0.25, -0.2) is 4.79 Å². The number of aryl methyl sites for hydroxylation is 2. The zero-order valence-electron chi connectivity index (χ0n) is 16.2. The van der Waals surface area contributed by atoms with E-state index in [1.165, 1.54) is 0 Å². The van der Waals surface area contributed by atoms with E-state index in [0.29, 0.717) is 17.5 Å². The highest BCUT2D eigenvalue weighted by Gasteiger charge is 2.23. The van der Waals surface area contributed by atoms with E-state index in [9.17, 15) is 9.59 Å². The Balaban J connectivity index is 1.73. The van der Waals surface area contributed by atoms with Crippen molar-refractivity contribution in [3.63, 3.8) is 0 Å². The molecule has 1 amide bonds. The first-order valence-corrected chi connectivity index (χ1v) is 9.23. The molecular weight excluding hydrogens is 368 g/mol. The maximum Gasteiger partial charge on any atom is 0.349 e. The van der Waals surface area contributed by atoms with E-state index in [1.807, 2.05) is 50.4 Å². The molecule has 0 aliphatic carbocycles. The number of pyridine rings is 1. The highest BCUT2D eigenvalue weighted by atomic mass is 16.4. The standard InChI is InChI=1S/C22H20N4O3/c1-15-11-18(25(2)24-15)14-26(13-17-8-5-6-10-23-17)21(27)19-12-16-7-3-4-9-20(16)29-22(19)28/h3-12H,13-14H2,1-2H3. The molecule has 0 aliphatic rings. The number of carbonyl (C=O) groups excluding carboxylic acids is 1. The predicted molar refractivity (Wildman–Crippen MR) is 108 cm³/mol. The van der Waals surface area contributed by atoms with Crippen LogP contribution in [0.1, 0.15) is 27.4 Å². The Morgan fingerprint density at radius 2 is 1.90 bits per heavy atom. The second-order valence-corrected chi connectivity index (χ2v) is 6.87. The molecule has 0 saturated heterocycles. The van der Waals surface area contributed by atoms with E-state index in [0.717, 1.165) is 17.1 Å². The van der Waals surface area contributed by atoms with Crippen LogP contribution in [-0.4, -0.2) is 25.6 Å². The van der Waals surface area contributed by atoms with Crippen LogP contribution in [0.5, 0.6) is 0 Å². The third-order valence-electron chi connectivity index (χ3n) is 4.69. The summed E-state index contributed by atoms with van der Waals surface area (Å²) in [7, 11) is 1.83. The first-order chi connectivity index (χ1) is 14.0. The Bertz CT molecular complexity index is 1230. The molecule has 7 heteroatoms. The number of hydrogen-bond donors (Lipinski definition) is 0. The van der Waals surface area contributed by atoms with Crippen LogP contribution in [-0.2, 0) is 20.1 Å². The molecule has 4 aromatic rings. The Morgan fingerprint density at radius 3 is 2.62 bits per heavy atom. The molecule has 146 valence electrons. The average Bonchev–Trinajstić information content (AvgIpc) is 3.04. The lowest BCUT2D eigenvalue weighted by Gasteiger charge is -2.22. The third-order valence-corrected chi connectivity index (χ3v) is 4.69. The predicted octanol–water partition coefficient (Wildman–Crippen LogP) is 3.07. The van der Waals surface area contributed by atoms with Gasteiger partial charge in [-0.1, -0.05) is 24.3 Å². The molecule has 3 aromatic heterocycles. The van der Waals surface area contributed by atoms with Gasteiger partial charge < -0.3 is 9.32 Å². The van der Waals surface area contributed by atoms with Gasteiger partial charge in [0.15, 0.2) is 0 Å². The third kappa shape index (κ3) is 3.94. The van der Waals surface area contributed by atoms with Crippen LogP contribution in [0.4, 0.5) is 0 Å². The molecule has 0 fully saturated rings. The number of fused-ring (bicyclic) bond motifs is 1. The van der Waals surface area contributed by atoms with Gasteiger partial charge in [-0.3, -0.25) is 14.5 Å². The summed E-state index contributed by atoms with van der Waals surface area (Å²) in [5.74, 6) is -0.408. The van der Waals surface area contributed by atoms with Gasteiger partial charge in [0.2, 0.25) is 0 Å². The maximum absolute atomic E-state index is 13.3. The molecule has 4 rings (SSSR count). The number of rotatable bonds is 5. The number of amides is 1. The van der Waals surface area contributed by atoms with Gasteiger partial charge in [0.25, 0.3) is 5.91 Å². The molecule has 0 saturated carbocycles. The topological polar surface area (TPSA) is 81.2 Å². The summed E-state index contributed by atoms with van der Waals surface area (Å²) in [5.41, 5.74) is 2.24. The minimum absolute atomic E-state index is 0.00137. The number of para-hydroxylation sites is 1. The van der Waals surface area contributed by atoms with Gasteiger partial charge >= 0.3 is 5.63 Å². The summed E-state index contributed by atoms with van der Waals surface area (Å²) in [6.07, 6.45) is 1.68. The van der Waals surface area contributed by atoms with E-state index < -0.39 is 11.5 Å². The lowest BCUT2D eigenvalue weighted by molar-refractivity contribution is 0.0719. The summed E-state index contributed by atoms with van der Waals surface area (Å²) in [6.45, 7) is 2.45. The largest absolute Gasteiger partial charge is 0.422 e. The molecule has 29 heavy (non-hydrogen) atoms. The molecule has 0 bridgehead atoms. The van der Waals surface area contributed by atoms with E-state index in [-0.39, 0.29) is 12.1 Å². The lowest BCUT2D eigenvalue weighted by atomic mass is 10.1. The van der Waals surface area contributed by atoms with Crippen LogP contribution >= 0.6 is 0 Å². The molecule has 1 aromatic carbocycles. The zero-order valence-corrected chi connectivity index (χ0v) is 16.2. The Kier molecular flexibility index (Phi) is 4.95. The van der Waals surface area contributed by atoms with Crippen LogP contribution in [0, 0.1) is 6.92 Å². The fourth-order valence-corrected chi connectivity index (χ4v) is 3.28. The number of aromatic nitrogens is 3. The van der Waals surface area contributed by atoms with Crippen LogP contribution in [0.2, 0.25) is 0 Å². The summed E-state index contributed by atoms with van der Waals surface area (Å²) in [5, 5.41) is 5.04. The van der Waals surface area contributed by atoms with Crippen molar-refractivity contribution in [2.24, 2.45) is 7.05 Å². The van der Waals surface area contributed by atoms with Crippen LogP contribution in [0.25, 0.3) is 11.0 Å². The summed E-state index contributed by atoms with van der Waals surface area (Å²) in [6, 6.07) is 16.2. The molecule has 0 radical (unpaired) electrons. The van der Waals surface area contributed by atoms with Crippen LogP contribution < -0.4 is 5.63 Å². The minimum Gasteiger partial charge on any atom is -0.422 e. The van der Waals surface area contributed by atoms with Crippen LogP contribution in [0.3, 0.4) is 0 Å². The van der Waals surface area contributed by atoms with E-state index in [4.69, 9.17) is 4.42 Å². The molecule has 0 atom stereocenters. The zero-order chi connectivity index (χ0) is 20.4. The van der Waals surface area contributed by atoms with Gasteiger partial charge in [0, 0.05) is 18.6 Å². The Labute approximate surface area is 167 Å². The molecular formula is C22H20N4O3. The van der Waals surface area contributed by atoms with Gasteiger partial charge in [-0.2, -0.15) is 5.10 Å². The van der Waals surface area contributed by atoms with Crippen molar-refractivity contribution in [2.45, 2.75) is 20.0 Å². The Morgan fingerprint density at radius 1 is 1.10 bits per heavy atom. The van der Waals surface area contributed by atoms with Gasteiger partial charge in [0.1, 0.15) is 11.1 Å². The lowest BCUT2D eigenvalue weighted by Crippen LogP contribution is -2.34. The first-order valence-electron chi connectivity index (χ1n) is 9.23. The fourth-order valence-electron chi connectivity index (χ4n) is 3.28. The molecule has 0 N–H and O–H groups in total. The second-order valence-electron chi connectivity index (χ2n) is 6.87. The van der Waals surface area contributed by atoms with E-state index >= 15 is 0 Å². The number of hydrogen-bond acceptors (Lipinski definition) is 5. The van der Waals surface area contributed by atoms with Crippen molar-refractivity contribution in [3.05, 3.63) is 93.9 Å². The quantitative estimate of drug-likeness (QED) is 0.491. The SMILES string of the molecule is Cc1cc(CN(Cc2ccccn2)C(=O)c2cc3ccccc3oc2=O)n(C)n1. The van der Waals surface area contributed by atoms with Gasteiger partial charge in [-0.05, 0) is 37.3 Å². The van der Waals surface area contributed by atoms with Crippen molar-refractivity contribution >= 4 is 16.9 Å². The fraction of sp³-hybridized carbons (Fsp3) is 0.182. The minimum atomic E-state index is -0.652. The second kappa shape index (κ2) is 7.71. The average molecular weight is 388 g/mol. The Hall–Kier alpha value is -3.74. The maximum atomic E-state index is 13.3.